The largest absolute Gasteiger partial charge is 0.491 e. The Labute approximate surface area is 161 Å². The molecule has 0 radical (unpaired) electrons. The van der Waals surface area contributed by atoms with Crippen molar-refractivity contribution >= 4 is 17.3 Å². The second-order valence-corrected chi connectivity index (χ2v) is 6.88. The van der Waals surface area contributed by atoms with Crippen LogP contribution in [0.1, 0.15) is 20.8 Å². The molecule has 0 atom stereocenters. The minimum Gasteiger partial charge on any atom is -0.491 e. The molecule has 5 nitrogen and oxygen atoms in total. The fraction of sp³-hybridized carbons (Fsp3) is 0.318. The first-order chi connectivity index (χ1) is 12.9. The number of carbonyl (C=O) groups is 1. The van der Waals surface area contributed by atoms with Crippen LogP contribution in [0.15, 0.2) is 60.7 Å². The maximum atomic E-state index is 12.3. The van der Waals surface area contributed by atoms with Crippen molar-refractivity contribution in [3.8, 4) is 11.5 Å². The van der Waals surface area contributed by atoms with E-state index >= 15 is 0 Å². The van der Waals surface area contributed by atoms with Gasteiger partial charge in [0.25, 0.3) is 0 Å². The van der Waals surface area contributed by atoms with Crippen LogP contribution in [0, 0.1) is 5.92 Å². The summed E-state index contributed by atoms with van der Waals surface area (Å²) in [7, 11) is 0. The number of hydrogen-bond acceptors (Lipinski definition) is 4. The first-order valence-electron chi connectivity index (χ1n) is 9.07. The summed E-state index contributed by atoms with van der Waals surface area (Å²) in [4.78, 5) is 12.3. The van der Waals surface area contributed by atoms with Gasteiger partial charge in [0.05, 0.1) is 18.8 Å². The van der Waals surface area contributed by atoms with Gasteiger partial charge in [0.15, 0.2) is 0 Å². The van der Waals surface area contributed by atoms with Crippen molar-refractivity contribution in [2.24, 2.45) is 5.92 Å². The topological polar surface area (TPSA) is 59.6 Å². The van der Waals surface area contributed by atoms with E-state index in [1.807, 2.05) is 55.5 Å². The van der Waals surface area contributed by atoms with E-state index in [2.05, 4.69) is 31.1 Å². The van der Waals surface area contributed by atoms with E-state index in [1.54, 1.807) is 0 Å². The molecule has 1 amide bonds. The van der Waals surface area contributed by atoms with E-state index in [9.17, 15) is 4.79 Å². The van der Waals surface area contributed by atoms with E-state index in [-0.39, 0.29) is 12.5 Å². The highest BCUT2D eigenvalue weighted by Crippen LogP contribution is 2.24. The van der Waals surface area contributed by atoms with Gasteiger partial charge in [0.1, 0.15) is 18.1 Å². The summed E-state index contributed by atoms with van der Waals surface area (Å²) >= 11 is 0. The third-order valence-corrected chi connectivity index (χ3v) is 3.51. The smallest absolute Gasteiger partial charge is 0.243 e. The van der Waals surface area contributed by atoms with Gasteiger partial charge in [-0.15, -0.1) is 0 Å². The Hall–Kier alpha value is -2.95. The van der Waals surface area contributed by atoms with Crippen molar-refractivity contribution in [2.45, 2.75) is 20.8 Å². The molecule has 2 aromatic carbocycles. The molecule has 0 aliphatic heterocycles. The molecule has 27 heavy (non-hydrogen) atoms. The molecule has 2 N–H and O–H groups in total. The molecule has 0 spiro atoms. The van der Waals surface area contributed by atoms with Crippen LogP contribution in [0.4, 0.5) is 11.4 Å². The lowest BCUT2D eigenvalue weighted by molar-refractivity contribution is -0.114. The third-order valence-electron chi connectivity index (χ3n) is 3.51. The molecule has 0 bridgehead atoms. The van der Waals surface area contributed by atoms with Gasteiger partial charge in [-0.05, 0) is 42.7 Å². The molecular formula is C22H28N2O3. The Bertz CT molecular complexity index is 772. The van der Waals surface area contributed by atoms with Gasteiger partial charge < -0.3 is 20.1 Å². The molecule has 0 aromatic heterocycles. The van der Waals surface area contributed by atoms with Gasteiger partial charge in [-0.3, -0.25) is 4.79 Å². The number of benzene rings is 2. The van der Waals surface area contributed by atoms with Gasteiger partial charge in [-0.1, -0.05) is 38.6 Å². The van der Waals surface area contributed by atoms with Crippen LogP contribution in [0.5, 0.6) is 11.5 Å². The normalized spacial score (nSPS) is 10.4. The highest BCUT2D eigenvalue weighted by atomic mass is 16.5. The average molecular weight is 368 g/mol. The lowest BCUT2D eigenvalue weighted by Gasteiger charge is -2.14. The summed E-state index contributed by atoms with van der Waals surface area (Å²) in [6.07, 6.45) is 0. The molecule has 0 fully saturated rings. The number of ether oxygens (including phenoxy) is 2. The molecule has 0 unspecified atom stereocenters. The lowest BCUT2D eigenvalue weighted by Crippen LogP contribution is -2.22. The van der Waals surface area contributed by atoms with Crippen LogP contribution < -0.4 is 20.1 Å². The van der Waals surface area contributed by atoms with E-state index < -0.39 is 0 Å². The second kappa shape index (κ2) is 10.3. The highest BCUT2D eigenvalue weighted by molar-refractivity contribution is 5.95. The second-order valence-electron chi connectivity index (χ2n) is 6.88. The first-order valence-corrected chi connectivity index (χ1v) is 9.07. The van der Waals surface area contributed by atoms with Gasteiger partial charge in [-0.2, -0.15) is 0 Å². The molecule has 0 aliphatic rings. The summed E-state index contributed by atoms with van der Waals surface area (Å²) in [5, 5.41) is 6.00. The number of hydrogen-bond donors (Lipinski definition) is 2. The molecule has 0 saturated heterocycles. The van der Waals surface area contributed by atoms with Crippen LogP contribution in [0.3, 0.4) is 0 Å². The molecule has 0 saturated carbocycles. The third kappa shape index (κ3) is 7.44. The Morgan fingerprint density at radius 3 is 2.63 bits per heavy atom. The van der Waals surface area contributed by atoms with Crippen LogP contribution in [-0.4, -0.2) is 25.7 Å². The number of amides is 1. The van der Waals surface area contributed by atoms with Crippen molar-refractivity contribution in [1.82, 2.24) is 0 Å². The molecule has 5 heteroatoms. The standard InChI is InChI=1S/C22H28N2O3/c1-16(2)14-26-19-9-7-8-18(12-19)23-13-22(25)24-20-10-5-6-11-21(20)27-15-17(3)4/h5-12,17,23H,1,13-15H2,2-4H3,(H,24,25). The zero-order valence-electron chi connectivity index (χ0n) is 16.2. The van der Waals surface area contributed by atoms with Gasteiger partial charge in [-0.25, -0.2) is 0 Å². The first kappa shape index (κ1) is 20.4. The zero-order chi connectivity index (χ0) is 19.6. The number of rotatable bonds is 10. The van der Waals surface area contributed by atoms with Crippen molar-refractivity contribution < 1.29 is 14.3 Å². The van der Waals surface area contributed by atoms with Gasteiger partial charge in [0, 0.05) is 11.8 Å². The minimum atomic E-state index is -0.149. The molecule has 2 rings (SSSR count). The predicted molar refractivity (Wildman–Crippen MR) is 111 cm³/mol. The number of carbonyl (C=O) groups excluding carboxylic acids is 1. The summed E-state index contributed by atoms with van der Waals surface area (Å²) in [6, 6.07) is 14.9. The number of anilines is 2. The fourth-order valence-electron chi connectivity index (χ4n) is 2.23. The number of para-hydroxylation sites is 2. The Kier molecular flexibility index (Phi) is 7.74. The summed E-state index contributed by atoms with van der Waals surface area (Å²) in [5.41, 5.74) is 2.43. The van der Waals surface area contributed by atoms with Crippen molar-refractivity contribution in [1.29, 1.82) is 0 Å². The van der Waals surface area contributed by atoms with Gasteiger partial charge in [0.2, 0.25) is 5.91 Å². The molecule has 0 heterocycles. The molecule has 144 valence electrons. The maximum absolute atomic E-state index is 12.3. The molecule has 2 aromatic rings. The monoisotopic (exact) mass is 368 g/mol. The SMILES string of the molecule is C=C(C)COc1cccc(NCC(=O)Nc2ccccc2OCC(C)C)c1. The Balaban J connectivity index is 1.90. The highest BCUT2D eigenvalue weighted by Gasteiger charge is 2.08. The quantitative estimate of drug-likeness (QED) is 0.596. The van der Waals surface area contributed by atoms with Crippen molar-refractivity contribution in [3.63, 3.8) is 0 Å². The minimum absolute atomic E-state index is 0.141. The van der Waals surface area contributed by atoms with E-state index in [1.165, 1.54) is 0 Å². The lowest BCUT2D eigenvalue weighted by atomic mass is 10.2. The Morgan fingerprint density at radius 2 is 1.89 bits per heavy atom. The van der Waals surface area contributed by atoms with Crippen LogP contribution in [0.25, 0.3) is 0 Å². The van der Waals surface area contributed by atoms with E-state index in [4.69, 9.17) is 9.47 Å². The zero-order valence-corrected chi connectivity index (χ0v) is 16.2. The van der Waals surface area contributed by atoms with E-state index in [0.717, 1.165) is 17.0 Å². The summed E-state index contributed by atoms with van der Waals surface area (Å²) in [6.45, 7) is 11.1. The van der Waals surface area contributed by atoms with Gasteiger partial charge >= 0.3 is 0 Å². The van der Waals surface area contributed by atoms with Crippen molar-refractivity contribution in [3.05, 3.63) is 60.7 Å². The summed E-state index contributed by atoms with van der Waals surface area (Å²) < 4.78 is 11.4. The Morgan fingerprint density at radius 1 is 1.11 bits per heavy atom. The fourth-order valence-corrected chi connectivity index (χ4v) is 2.23. The van der Waals surface area contributed by atoms with Crippen LogP contribution in [-0.2, 0) is 4.79 Å². The van der Waals surface area contributed by atoms with Crippen molar-refractivity contribution in [2.75, 3.05) is 30.4 Å². The van der Waals surface area contributed by atoms with E-state index in [0.29, 0.717) is 30.6 Å². The maximum Gasteiger partial charge on any atom is 0.243 e. The number of nitrogens with one attached hydrogen (secondary N) is 2. The van der Waals surface area contributed by atoms with Crippen LogP contribution >= 0.6 is 0 Å². The molecular weight excluding hydrogens is 340 g/mol. The predicted octanol–water partition coefficient (Wildman–Crippen LogP) is 4.73. The molecule has 0 aliphatic carbocycles. The van der Waals surface area contributed by atoms with Crippen LogP contribution in [0.2, 0.25) is 0 Å². The average Bonchev–Trinajstić information content (AvgIpc) is 2.64. The summed E-state index contributed by atoms with van der Waals surface area (Å²) in [5.74, 6) is 1.67.